The monoisotopic (exact) mass is 346 g/mol. The van der Waals surface area contributed by atoms with Crippen molar-refractivity contribution in [2.75, 3.05) is 0 Å². The second-order valence-electron chi connectivity index (χ2n) is 6.13. The van der Waals surface area contributed by atoms with Crippen LogP contribution in [-0.2, 0) is 19.2 Å². The van der Waals surface area contributed by atoms with Gasteiger partial charge in [-0.25, -0.2) is 0 Å². The summed E-state index contributed by atoms with van der Waals surface area (Å²) in [5, 5.41) is 36.5. The summed E-state index contributed by atoms with van der Waals surface area (Å²) in [4.78, 5) is 44.8. The standard InChI is InChI=1S/C16H26O8/c1-10(13(19)20)16(15(23)24,11(2)14(21)22)9-7-5-3-4-6-8-12(17)18/h10-11H,3-9H2,1-2H3,(H,17,18)(H,19,20)(H,21,22)(H,23,24). The molecule has 2 atom stereocenters. The van der Waals surface area contributed by atoms with Crippen molar-refractivity contribution >= 4 is 23.9 Å². The Hall–Kier alpha value is -2.12. The smallest absolute Gasteiger partial charge is 0.311 e. The predicted octanol–water partition coefficient (Wildman–Crippen LogP) is 2.31. The zero-order valence-electron chi connectivity index (χ0n) is 14.0. The maximum Gasteiger partial charge on any atom is 0.311 e. The summed E-state index contributed by atoms with van der Waals surface area (Å²) in [5.41, 5.74) is -1.88. The van der Waals surface area contributed by atoms with Gasteiger partial charge in [0.25, 0.3) is 0 Å². The molecule has 4 N–H and O–H groups in total. The van der Waals surface area contributed by atoms with Gasteiger partial charge < -0.3 is 20.4 Å². The first-order valence-electron chi connectivity index (χ1n) is 7.98. The first kappa shape index (κ1) is 21.9. The topological polar surface area (TPSA) is 149 Å². The van der Waals surface area contributed by atoms with Crippen molar-refractivity contribution in [2.45, 2.75) is 58.8 Å². The van der Waals surface area contributed by atoms with E-state index in [0.717, 1.165) is 0 Å². The molecule has 0 aliphatic rings. The average Bonchev–Trinajstić information content (AvgIpc) is 2.48. The summed E-state index contributed by atoms with van der Waals surface area (Å²) >= 11 is 0. The minimum Gasteiger partial charge on any atom is -0.481 e. The average molecular weight is 346 g/mol. The lowest BCUT2D eigenvalue weighted by Gasteiger charge is -2.36. The van der Waals surface area contributed by atoms with Crippen molar-refractivity contribution in [3.05, 3.63) is 0 Å². The van der Waals surface area contributed by atoms with Crippen LogP contribution in [0.15, 0.2) is 0 Å². The molecular weight excluding hydrogens is 320 g/mol. The van der Waals surface area contributed by atoms with E-state index in [0.29, 0.717) is 32.1 Å². The van der Waals surface area contributed by atoms with E-state index in [2.05, 4.69) is 0 Å². The van der Waals surface area contributed by atoms with Crippen molar-refractivity contribution in [2.24, 2.45) is 17.3 Å². The molecule has 0 bridgehead atoms. The van der Waals surface area contributed by atoms with Crippen molar-refractivity contribution in [1.29, 1.82) is 0 Å². The Morgan fingerprint density at radius 2 is 1.17 bits per heavy atom. The highest BCUT2D eigenvalue weighted by molar-refractivity contribution is 5.88. The predicted molar refractivity (Wildman–Crippen MR) is 83.6 cm³/mol. The SMILES string of the molecule is CC(C(=O)O)C(CCCCCCCC(=O)O)(C(=O)O)C(C)C(=O)O. The van der Waals surface area contributed by atoms with Gasteiger partial charge in [-0.05, 0) is 12.8 Å². The van der Waals surface area contributed by atoms with Crippen LogP contribution in [0.1, 0.15) is 58.8 Å². The van der Waals surface area contributed by atoms with Crippen LogP contribution in [0, 0.1) is 17.3 Å². The molecule has 0 fully saturated rings. The quantitative estimate of drug-likeness (QED) is 0.371. The fraction of sp³-hybridized carbons (Fsp3) is 0.750. The highest BCUT2D eigenvalue weighted by Crippen LogP contribution is 2.42. The summed E-state index contributed by atoms with van der Waals surface area (Å²) in [6.07, 6.45) is 2.87. The van der Waals surface area contributed by atoms with E-state index in [9.17, 15) is 34.5 Å². The fourth-order valence-corrected chi connectivity index (χ4v) is 2.95. The summed E-state index contributed by atoms with van der Waals surface area (Å²) < 4.78 is 0. The van der Waals surface area contributed by atoms with E-state index in [1.54, 1.807) is 0 Å². The molecule has 8 nitrogen and oxygen atoms in total. The van der Waals surface area contributed by atoms with Gasteiger partial charge in [-0.3, -0.25) is 19.2 Å². The second-order valence-corrected chi connectivity index (χ2v) is 6.13. The Morgan fingerprint density at radius 1 is 0.750 bits per heavy atom. The zero-order chi connectivity index (χ0) is 18.9. The number of rotatable bonds is 13. The summed E-state index contributed by atoms with van der Waals surface area (Å²) in [6.45, 7) is 2.45. The first-order chi connectivity index (χ1) is 11.1. The van der Waals surface area contributed by atoms with Crippen molar-refractivity contribution in [3.63, 3.8) is 0 Å². The molecule has 8 heteroatoms. The Kier molecular flexibility index (Phi) is 9.02. The Labute approximate surface area is 140 Å². The summed E-state index contributed by atoms with van der Waals surface area (Å²) in [6, 6.07) is 0. The molecule has 0 saturated carbocycles. The van der Waals surface area contributed by atoms with Crippen molar-refractivity contribution in [1.82, 2.24) is 0 Å². The molecule has 0 amide bonds. The lowest BCUT2D eigenvalue weighted by atomic mass is 9.64. The van der Waals surface area contributed by atoms with Gasteiger partial charge in [-0.1, -0.05) is 39.5 Å². The number of hydrogen-bond donors (Lipinski definition) is 4. The van der Waals surface area contributed by atoms with Crippen LogP contribution >= 0.6 is 0 Å². The molecule has 0 aliphatic carbocycles. The van der Waals surface area contributed by atoms with Crippen molar-refractivity contribution < 1.29 is 39.6 Å². The van der Waals surface area contributed by atoms with Gasteiger partial charge in [0, 0.05) is 6.42 Å². The minimum atomic E-state index is -1.88. The van der Waals surface area contributed by atoms with Crippen LogP contribution in [0.3, 0.4) is 0 Å². The van der Waals surface area contributed by atoms with E-state index in [4.69, 9.17) is 5.11 Å². The van der Waals surface area contributed by atoms with Gasteiger partial charge in [0.05, 0.1) is 17.3 Å². The Balaban J connectivity index is 4.89. The molecular formula is C16H26O8. The third-order valence-corrected chi connectivity index (χ3v) is 4.67. The van der Waals surface area contributed by atoms with E-state index in [-0.39, 0.29) is 12.8 Å². The van der Waals surface area contributed by atoms with Crippen LogP contribution in [0.4, 0.5) is 0 Å². The van der Waals surface area contributed by atoms with Crippen LogP contribution in [-0.4, -0.2) is 44.3 Å². The number of aliphatic carboxylic acids is 4. The maximum atomic E-state index is 11.8. The molecule has 0 spiro atoms. The third-order valence-electron chi connectivity index (χ3n) is 4.67. The summed E-state index contributed by atoms with van der Waals surface area (Å²) in [5.74, 6) is -7.65. The molecule has 0 heterocycles. The molecule has 0 aromatic carbocycles. The van der Waals surface area contributed by atoms with Crippen LogP contribution in [0.2, 0.25) is 0 Å². The largest absolute Gasteiger partial charge is 0.481 e. The van der Waals surface area contributed by atoms with Gasteiger partial charge in [-0.2, -0.15) is 0 Å². The van der Waals surface area contributed by atoms with Crippen LogP contribution in [0.5, 0.6) is 0 Å². The number of unbranched alkanes of at least 4 members (excludes halogenated alkanes) is 4. The molecule has 138 valence electrons. The number of hydrogen-bond acceptors (Lipinski definition) is 4. The summed E-state index contributed by atoms with van der Waals surface area (Å²) in [7, 11) is 0. The molecule has 0 saturated heterocycles. The highest BCUT2D eigenvalue weighted by atomic mass is 16.4. The number of carboxylic acids is 4. The highest BCUT2D eigenvalue weighted by Gasteiger charge is 2.53. The molecule has 0 aliphatic heterocycles. The zero-order valence-corrected chi connectivity index (χ0v) is 14.0. The Bertz CT molecular complexity index is 451. The van der Waals surface area contributed by atoms with E-state index < -0.39 is 41.1 Å². The van der Waals surface area contributed by atoms with E-state index in [1.165, 1.54) is 13.8 Å². The van der Waals surface area contributed by atoms with Crippen LogP contribution in [0.25, 0.3) is 0 Å². The normalized spacial score (nSPS) is 15.9. The lowest BCUT2D eigenvalue weighted by Crippen LogP contribution is -2.48. The minimum absolute atomic E-state index is 0.0534. The van der Waals surface area contributed by atoms with Crippen molar-refractivity contribution in [3.8, 4) is 0 Å². The van der Waals surface area contributed by atoms with Gasteiger partial charge in [0.15, 0.2) is 0 Å². The van der Waals surface area contributed by atoms with E-state index >= 15 is 0 Å². The second kappa shape index (κ2) is 9.89. The van der Waals surface area contributed by atoms with Gasteiger partial charge in [0.2, 0.25) is 0 Å². The molecule has 2 unspecified atom stereocenters. The number of carbonyl (C=O) groups is 4. The van der Waals surface area contributed by atoms with Gasteiger partial charge in [-0.15, -0.1) is 0 Å². The fourth-order valence-electron chi connectivity index (χ4n) is 2.95. The lowest BCUT2D eigenvalue weighted by molar-refractivity contribution is -0.173. The molecule has 0 rings (SSSR count). The van der Waals surface area contributed by atoms with Gasteiger partial charge in [0.1, 0.15) is 0 Å². The van der Waals surface area contributed by atoms with E-state index in [1.807, 2.05) is 0 Å². The maximum absolute atomic E-state index is 11.8. The van der Waals surface area contributed by atoms with Crippen LogP contribution < -0.4 is 0 Å². The molecule has 24 heavy (non-hydrogen) atoms. The number of carboxylic acid groups (broad SMARTS) is 4. The Morgan fingerprint density at radius 3 is 1.54 bits per heavy atom. The molecule has 0 radical (unpaired) electrons. The first-order valence-corrected chi connectivity index (χ1v) is 7.98. The molecule has 0 aromatic rings. The van der Waals surface area contributed by atoms with Gasteiger partial charge >= 0.3 is 23.9 Å². The third kappa shape index (κ3) is 5.82. The molecule has 0 aromatic heterocycles.